The van der Waals surface area contributed by atoms with Crippen LogP contribution in [0.25, 0.3) is 0 Å². The molecule has 0 radical (unpaired) electrons. The maximum Gasteiger partial charge on any atom is 0.328 e. The fourth-order valence-corrected chi connectivity index (χ4v) is 3.47. The summed E-state index contributed by atoms with van der Waals surface area (Å²) < 4.78 is 0. The van der Waals surface area contributed by atoms with Gasteiger partial charge >= 0.3 is 5.97 Å². The number of aliphatic carboxylic acids is 1. The van der Waals surface area contributed by atoms with Crippen LogP contribution >= 0.6 is 11.6 Å². The van der Waals surface area contributed by atoms with E-state index in [9.17, 15) is 29.4 Å². The maximum absolute atomic E-state index is 12.7. The number of nitrogens with one attached hydrogen (secondary N) is 3. The van der Waals surface area contributed by atoms with E-state index in [1.807, 2.05) is 0 Å². The molecule has 11 heteroatoms. The van der Waals surface area contributed by atoms with E-state index in [-0.39, 0.29) is 40.6 Å². The molecule has 3 aromatic carbocycles. The Hall–Kier alpha value is -4.57. The predicted octanol–water partition coefficient (Wildman–Crippen LogP) is 2.17. The molecule has 7 N–H and O–H groups in total. The number of anilines is 1. The summed E-state index contributed by atoms with van der Waals surface area (Å²) in [6.45, 7) is -0.226. The molecule has 0 unspecified atom stereocenters. The van der Waals surface area contributed by atoms with Crippen LogP contribution in [0.1, 0.15) is 36.6 Å². The maximum atomic E-state index is 12.7. The summed E-state index contributed by atoms with van der Waals surface area (Å²) in [7, 11) is 0. The Kier molecular flexibility index (Phi) is 8.48. The Morgan fingerprint density at radius 1 is 0.861 bits per heavy atom. The normalized spacial score (nSPS) is 11.2. The fraction of sp³-hybridized carbons (Fsp3) is 0.120. The molecule has 0 saturated heterocycles. The van der Waals surface area contributed by atoms with Crippen molar-refractivity contribution < 1.29 is 29.4 Å². The number of rotatable bonds is 9. The summed E-state index contributed by atoms with van der Waals surface area (Å²) in [6, 6.07) is 15.0. The zero-order valence-electron chi connectivity index (χ0n) is 18.8. The molecule has 10 nitrogen and oxygen atoms in total. The van der Waals surface area contributed by atoms with Gasteiger partial charge in [0.25, 0.3) is 17.7 Å². The summed E-state index contributed by atoms with van der Waals surface area (Å²) in [5.74, 6) is -3.10. The van der Waals surface area contributed by atoms with Crippen molar-refractivity contribution in [3.05, 3.63) is 94.0 Å². The highest BCUT2D eigenvalue weighted by atomic mass is 35.5. The van der Waals surface area contributed by atoms with Gasteiger partial charge < -0.3 is 31.9 Å². The fourth-order valence-electron chi connectivity index (χ4n) is 3.20. The number of aromatic hydroxyl groups is 1. The summed E-state index contributed by atoms with van der Waals surface area (Å²) >= 11 is 6.19. The van der Waals surface area contributed by atoms with Crippen LogP contribution in [0.4, 0.5) is 5.69 Å². The van der Waals surface area contributed by atoms with Crippen LogP contribution in [0.15, 0.2) is 66.7 Å². The number of nitrogen functional groups attached to an aromatic ring is 1. The number of phenols is 1. The number of carboxylic acids is 1. The minimum atomic E-state index is -1.44. The standard InChI is InChI=1S/C25H23ClN4O6/c26-20-11-16(23(33)28-12-14-3-1-6-18(31)9-14)7-8-19(20)24(34)30-21(25(35)36)13-29-22(32)15-4-2-5-17(27)10-15/h1-11,21,31H,12-13,27H2,(H,28,33)(H,29,32)(H,30,34)(H,35,36)/t21-/m0/s1. The van der Waals surface area contributed by atoms with Crippen LogP contribution in [-0.4, -0.2) is 46.5 Å². The van der Waals surface area contributed by atoms with Crippen LogP contribution in [0.5, 0.6) is 5.75 Å². The van der Waals surface area contributed by atoms with Crippen LogP contribution in [-0.2, 0) is 11.3 Å². The summed E-state index contributed by atoms with van der Waals surface area (Å²) in [4.78, 5) is 49.0. The predicted molar refractivity (Wildman–Crippen MR) is 133 cm³/mol. The first-order valence-electron chi connectivity index (χ1n) is 10.7. The van der Waals surface area contributed by atoms with E-state index in [0.29, 0.717) is 11.3 Å². The first-order valence-corrected chi connectivity index (χ1v) is 11.0. The second-order valence-corrected chi connectivity index (χ2v) is 8.15. The molecule has 0 aromatic heterocycles. The molecule has 0 saturated carbocycles. The van der Waals surface area contributed by atoms with Gasteiger partial charge in [-0.1, -0.05) is 29.8 Å². The molecular formula is C25H23ClN4O6. The number of carbonyl (C=O) groups excluding carboxylic acids is 3. The van der Waals surface area contributed by atoms with Gasteiger partial charge in [0.15, 0.2) is 0 Å². The average molecular weight is 511 g/mol. The molecule has 1 atom stereocenters. The molecular weight excluding hydrogens is 488 g/mol. The number of hydrogen-bond acceptors (Lipinski definition) is 6. The van der Waals surface area contributed by atoms with E-state index in [0.717, 1.165) is 0 Å². The van der Waals surface area contributed by atoms with Gasteiger partial charge in [-0.25, -0.2) is 4.79 Å². The van der Waals surface area contributed by atoms with E-state index in [2.05, 4.69) is 16.0 Å². The Balaban J connectivity index is 1.61. The Bertz CT molecular complexity index is 1310. The van der Waals surface area contributed by atoms with Gasteiger partial charge in [0, 0.05) is 29.9 Å². The Morgan fingerprint density at radius 3 is 2.22 bits per heavy atom. The number of nitrogens with two attached hydrogens (primary N) is 1. The van der Waals surface area contributed by atoms with Crippen molar-refractivity contribution in [1.82, 2.24) is 16.0 Å². The van der Waals surface area contributed by atoms with Gasteiger partial charge in [-0.3, -0.25) is 14.4 Å². The number of amides is 3. The van der Waals surface area contributed by atoms with Crippen molar-refractivity contribution in [3.8, 4) is 5.75 Å². The van der Waals surface area contributed by atoms with Crippen molar-refractivity contribution >= 4 is 41.0 Å². The molecule has 0 aliphatic carbocycles. The Morgan fingerprint density at radius 2 is 1.56 bits per heavy atom. The molecule has 0 bridgehead atoms. The third-order valence-corrected chi connectivity index (χ3v) is 5.37. The highest BCUT2D eigenvalue weighted by molar-refractivity contribution is 6.34. The molecule has 0 heterocycles. The van der Waals surface area contributed by atoms with E-state index >= 15 is 0 Å². The van der Waals surface area contributed by atoms with E-state index in [4.69, 9.17) is 17.3 Å². The number of benzene rings is 3. The van der Waals surface area contributed by atoms with Gasteiger partial charge in [0.05, 0.1) is 10.6 Å². The monoisotopic (exact) mass is 510 g/mol. The lowest BCUT2D eigenvalue weighted by atomic mass is 10.1. The van der Waals surface area contributed by atoms with Crippen molar-refractivity contribution in [2.24, 2.45) is 0 Å². The van der Waals surface area contributed by atoms with Crippen LogP contribution in [0.3, 0.4) is 0 Å². The van der Waals surface area contributed by atoms with Gasteiger partial charge in [-0.2, -0.15) is 0 Å². The smallest absolute Gasteiger partial charge is 0.328 e. The molecule has 0 spiro atoms. The van der Waals surface area contributed by atoms with Gasteiger partial charge in [-0.15, -0.1) is 0 Å². The van der Waals surface area contributed by atoms with Crippen molar-refractivity contribution in [2.45, 2.75) is 12.6 Å². The second-order valence-electron chi connectivity index (χ2n) is 7.75. The van der Waals surface area contributed by atoms with Crippen molar-refractivity contribution in [1.29, 1.82) is 0 Å². The van der Waals surface area contributed by atoms with E-state index < -0.39 is 29.7 Å². The summed E-state index contributed by atoms with van der Waals surface area (Å²) in [5, 5.41) is 26.3. The van der Waals surface area contributed by atoms with Crippen LogP contribution in [0.2, 0.25) is 5.02 Å². The third kappa shape index (κ3) is 6.97. The van der Waals surface area contributed by atoms with Crippen molar-refractivity contribution in [3.63, 3.8) is 0 Å². The molecule has 3 rings (SSSR count). The third-order valence-electron chi connectivity index (χ3n) is 5.06. The summed E-state index contributed by atoms with van der Waals surface area (Å²) in [6.07, 6.45) is 0. The van der Waals surface area contributed by atoms with Gasteiger partial charge in [0.2, 0.25) is 0 Å². The number of carboxylic acid groups (broad SMARTS) is 1. The lowest BCUT2D eigenvalue weighted by Gasteiger charge is -2.16. The van der Waals surface area contributed by atoms with Gasteiger partial charge in [0.1, 0.15) is 11.8 Å². The minimum Gasteiger partial charge on any atom is -0.508 e. The topological polar surface area (TPSA) is 171 Å². The first kappa shape index (κ1) is 26.0. The largest absolute Gasteiger partial charge is 0.508 e. The lowest BCUT2D eigenvalue weighted by molar-refractivity contribution is -0.139. The van der Waals surface area contributed by atoms with Crippen molar-refractivity contribution in [2.75, 3.05) is 12.3 Å². The molecule has 0 fully saturated rings. The molecule has 186 valence electrons. The highest BCUT2D eigenvalue weighted by Crippen LogP contribution is 2.19. The number of carbonyl (C=O) groups is 4. The SMILES string of the molecule is Nc1cccc(C(=O)NC[C@H](NC(=O)c2ccc(C(=O)NCc3cccc(O)c3)cc2Cl)C(=O)O)c1. The quantitative estimate of drug-likeness (QED) is 0.239. The number of halogens is 1. The zero-order chi connectivity index (χ0) is 26.2. The molecule has 0 aliphatic heterocycles. The van der Waals surface area contributed by atoms with E-state index in [1.165, 1.54) is 42.5 Å². The zero-order valence-corrected chi connectivity index (χ0v) is 19.6. The Labute approximate surface area is 211 Å². The summed E-state index contributed by atoms with van der Waals surface area (Å²) in [5.41, 5.74) is 7.08. The number of hydrogen-bond donors (Lipinski definition) is 6. The van der Waals surface area contributed by atoms with Crippen LogP contribution in [0, 0.1) is 0 Å². The number of phenolic OH excluding ortho intramolecular Hbond substituents is 1. The molecule has 3 amide bonds. The van der Waals surface area contributed by atoms with Crippen LogP contribution < -0.4 is 21.7 Å². The molecule has 3 aromatic rings. The highest BCUT2D eigenvalue weighted by Gasteiger charge is 2.23. The lowest BCUT2D eigenvalue weighted by Crippen LogP contribution is -2.48. The molecule has 36 heavy (non-hydrogen) atoms. The second kappa shape index (κ2) is 11.7. The molecule has 0 aliphatic rings. The van der Waals surface area contributed by atoms with Gasteiger partial charge in [-0.05, 0) is 54.1 Å². The average Bonchev–Trinajstić information content (AvgIpc) is 2.84. The minimum absolute atomic E-state index is 0.0467. The first-order chi connectivity index (χ1) is 17.1. The van der Waals surface area contributed by atoms with E-state index in [1.54, 1.807) is 24.3 Å².